The molecule has 0 bridgehead atoms. The van der Waals surface area contributed by atoms with Crippen LogP contribution in [-0.2, 0) is 5.41 Å². The average Bonchev–Trinajstić information content (AvgIpc) is 1.50. The number of para-hydroxylation sites is 3. The maximum atomic E-state index is 6.85. The van der Waals surface area contributed by atoms with Crippen LogP contribution in [0.2, 0.25) is 0 Å². The van der Waals surface area contributed by atoms with E-state index < -0.39 is 5.41 Å². The third-order valence-corrected chi connectivity index (χ3v) is 19.8. The summed E-state index contributed by atoms with van der Waals surface area (Å²) in [5.41, 5.74) is 31.9. The van der Waals surface area contributed by atoms with E-state index in [1.165, 1.54) is 89.0 Å². The molecule has 15 aromatic carbocycles. The fraction of sp³-hybridized carbons (Fsp3) is 0.0217. The van der Waals surface area contributed by atoms with Gasteiger partial charge in [-0.1, -0.05) is 322 Å². The Labute approximate surface area is 548 Å². The molecule has 0 saturated heterocycles. The maximum absolute atomic E-state index is 6.85. The van der Waals surface area contributed by atoms with Gasteiger partial charge in [0.2, 0.25) is 0 Å². The van der Waals surface area contributed by atoms with Gasteiger partial charge >= 0.3 is 0 Å². The minimum Gasteiger partial charge on any atom is -0.455 e. The Morgan fingerprint density at radius 3 is 1.46 bits per heavy atom. The van der Waals surface area contributed by atoms with Crippen LogP contribution in [-0.4, -0.2) is 0 Å². The molecule has 2 nitrogen and oxygen atoms in total. The number of hydrogen-bond acceptors (Lipinski definition) is 2. The highest BCUT2D eigenvalue weighted by atomic mass is 16.3. The lowest BCUT2D eigenvalue weighted by atomic mass is 9.70. The predicted molar refractivity (Wildman–Crippen MR) is 391 cm³/mol. The van der Waals surface area contributed by atoms with E-state index >= 15 is 0 Å². The molecule has 440 valence electrons. The highest BCUT2D eigenvalue weighted by molar-refractivity contribution is 6.12. The van der Waals surface area contributed by atoms with Crippen LogP contribution in [0.25, 0.3) is 111 Å². The number of hydrogen-bond donors (Lipinski definition) is 0. The summed E-state index contributed by atoms with van der Waals surface area (Å²) in [5, 5.41) is 2.25. The smallest absolute Gasteiger partial charge is 0.143 e. The van der Waals surface area contributed by atoms with Crippen molar-refractivity contribution in [1.29, 1.82) is 0 Å². The van der Waals surface area contributed by atoms with Crippen molar-refractivity contribution in [3.05, 3.63) is 403 Å². The van der Waals surface area contributed by atoms with Gasteiger partial charge < -0.3 is 9.32 Å². The Morgan fingerprint density at radius 1 is 0.255 bits per heavy atom. The second-order valence-electron chi connectivity index (χ2n) is 24.9. The van der Waals surface area contributed by atoms with Crippen molar-refractivity contribution in [2.75, 3.05) is 4.90 Å². The normalized spacial score (nSPS) is 13.7. The monoisotopic (exact) mass is 1200 g/mol. The molecule has 2 aliphatic rings. The molecule has 0 radical (unpaired) electrons. The third-order valence-electron chi connectivity index (χ3n) is 19.8. The number of furan rings is 1. The lowest BCUT2D eigenvalue weighted by Gasteiger charge is -2.31. The minimum absolute atomic E-state index is 0.208. The SMILES string of the molecule is c1ccc(-c2ccc([C@@H](c3cc(-c4ccc5c(c4)C4(c6ccccc6-5)c5ccccc5-c5c(-c6cccc7c6oc6ccccc67)cccc54)cc(N(c4ccc(-c5ccccc5)cc4)c4ccccc4-c4ccccc4)c3)c3ccccc3-c3ccccc3)cc2)cc1. The summed E-state index contributed by atoms with van der Waals surface area (Å²) >= 11 is 0. The molecule has 1 unspecified atom stereocenters. The van der Waals surface area contributed by atoms with Gasteiger partial charge in [0.15, 0.2) is 0 Å². The summed E-state index contributed by atoms with van der Waals surface area (Å²) in [6.45, 7) is 0. The average molecular weight is 1200 g/mol. The molecule has 0 aliphatic heterocycles. The van der Waals surface area contributed by atoms with Crippen LogP contribution in [0, 0.1) is 0 Å². The minimum atomic E-state index is -0.648. The molecule has 0 fully saturated rings. The number of anilines is 3. The van der Waals surface area contributed by atoms with Gasteiger partial charge in [-0.05, 0) is 159 Å². The van der Waals surface area contributed by atoms with Crippen molar-refractivity contribution in [3.63, 3.8) is 0 Å². The van der Waals surface area contributed by atoms with Crippen LogP contribution in [0.1, 0.15) is 44.9 Å². The lowest BCUT2D eigenvalue weighted by molar-refractivity contribution is 0.670. The Morgan fingerprint density at radius 2 is 0.745 bits per heavy atom. The molecule has 0 N–H and O–H groups in total. The van der Waals surface area contributed by atoms with Gasteiger partial charge in [-0.2, -0.15) is 0 Å². The molecule has 0 saturated carbocycles. The molecule has 2 heteroatoms. The first kappa shape index (κ1) is 54.8. The van der Waals surface area contributed by atoms with Gasteiger partial charge in [0.1, 0.15) is 11.2 Å². The zero-order valence-electron chi connectivity index (χ0n) is 51.6. The molecule has 94 heavy (non-hydrogen) atoms. The highest BCUT2D eigenvalue weighted by Gasteiger charge is 2.52. The number of nitrogens with zero attached hydrogens (tertiary/aromatic N) is 1. The summed E-state index contributed by atoms with van der Waals surface area (Å²) in [4.78, 5) is 2.50. The van der Waals surface area contributed by atoms with Crippen molar-refractivity contribution in [2.45, 2.75) is 11.3 Å². The van der Waals surface area contributed by atoms with Crippen LogP contribution >= 0.6 is 0 Å². The first-order valence-electron chi connectivity index (χ1n) is 32.6. The van der Waals surface area contributed by atoms with Gasteiger partial charge in [-0.15, -0.1) is 0 Å². The van der Waals surface area contributed by atoms with E-state index in [0.29, 0.717) is 0 Å². The van der Waals surface area contributed by atoms with E-state index in [4.69, 9.17) is 4.42 Å². The van der Waals surface area contributed by atoms with Crippen LogP contribution < -0.4 is 4.90 Å². The van der Waals surface area contributed by atoms with Crippen LogP contribution in [0.4, 0.5) is 17.1 Å². The molecule has 1 heterocycles. The summed E-state index contributed by atoms with van der Waals surface area (Å²) in [5.74, 6) is -0.208. The topological polar surface area (TPSA) is 16.4 Å². The predicted octanol–water partition coefficient (Wildman–Crippen LogP) is 24.6. The molecule has 2 atom stereocenters. The Hall–Kier alpha value is -12.1. The van der Waals surface area contributed by atoms with Crippen LogP contribution in [0.5, 0.6) is 0 Å². The Balaban J connectivity index is 0.904. The van der Waals surface area contributed by atoms with Gasteiger partial charge in [-0.3, -0.25) is 0 Å². The third kappa shape index (κ3) is 8.94. The molecule has 1 aromatic heterocycles. The van der Waals surface area contributed by atoms with E-state index in [-0.39, 0.29) is 5.92 Å². The molecular weight excluding hydrogens is 1140 g/mol. The van der Waals surface area contributed by atoms with E-state index in [2.05, 4.69) is 369 Å². The summed E-state index contributed by atoms with van der Waals surface area (Å²) in [7, 11) is 0. The first-order chi connectivity index (χ1) is 46.6. The zero-order valence-corrected chi connectivity index (χ0v) is 51.6. The zero-order chi connectivity index (χ0) is 62.1. The maximum Gasteiger partial charge on any atom is 0.143 e. The summed E-state index contributed by atoms with van der Waals surface area (Å²) in [6.07, 6.45) is 0. The summed E-state index contributed by atoms with van der Waals surface area (Å²) < 4.78 is 6.85. The second-order valence-corrected chi connectivity index (χ2v) is 24.9. The molecule has 2 aliphatic carbocycles. The first-order valence-corrected chi connectivity index (χ1v) is 32.6. The number of fused-ring (bicyclic) bond motifs is 13. The van der Waals surface area contributed by atoms with E-state index in [1.807, 2.05) is 0 Å². The van der Waals surface area contributed by atoms with Gasteiger partial charge in [0, 0.05) is 39.2 Å². The second kappa shape index (κ2) is 22.7. The van der Waals surface area contributed by atoms with Crippen LogP contribution in [0.3, 0.4) is 0 Å². The fourth-order valence-corrected chi connectivity index (χ4v) is 15.7. The van der Waals surface area contributed by atoms with E-state index in [0.717, 1.165) is 77.9 Å². The van der Waals surface area contributed by atoms with Gasteiger partial charge in [0.25, 0.3) is 0 Å². The molecule has 1 spiro atoms. The molecule has 16 aromatic rings. The molecule has 0 amide bonds. The molecular formula is C92H61NO. The van der Waals surface area contributed by atoms with Crippen LogP contribution in [0.15, 0.2) is 368 Å². The lowest BCUT2D eigenvalue weighted by Crippen LogP contribution is -2.25. The van der Waals surface area contributed by atoms with Gasteiger partial charge in [0.05, 0.1) is 11.1 Å². The van der Waals surface area contributed by atoms with Crippen molar-refractivity contribution in [2.24, 2.45) is 0 Å². The summed E-state index contributed by atoms with van der Waals surface area (Å²) in [6, 6.07) is 135. The van der Waals surface area contributed by atoms with Crippen molar-refractivity contribution < 1.29 is 4.42 Å². The fourth-order valence-electron chi connectivity index (χ4n) is 15.7. The van der Waals surface area contributed by atoms with Crippen molar-refractivity contribution >= 4 is 39.0 Å². The Kier molecular flexibility index (Phi) is 13.2. The largest absolute Gasteiger partial charge is 0.455 e. The quantitative estimate of drug-likeness (QED) is 0.113. The standard InChI is InChI=1S/C92H61NO/c1-5-25-61(26-6-1)63-47-49-67(50-48-63)89(78-37-14-13-33-73(78)65-29-9-3-10-30-65)70-57-69(58-72(59-70)93(71-54-51-64(52-55-71)62-27-7-2-8-28-62)87-45-21-17-34-74(87)66-31-11-4-12-32-66)68-53-56-76-75-35-15-19-42-83(75)92(86(76)60-68)84-43-20-16-38-82(84)90-79(39-24-44-85(90)92)81-41-23-40-80-77-36-18-22-46-88(77)94-91(80)81/h1-60,89H/t89-,92?/m0/s1. The van der Waals surface area contributed by atoms with Crippen molar-refractivity contribution in [3.8, 4) is 89.0 Å². The molecule has 18 rings (SSSR count). The van der Waals surface area contributed by atoms with E-state index in [9.17, 15) is 0 Å². The van der Waals surface area contributed by atoms with E-state index in [1.54, 1.807) is 0 Å². The number of benzene rings is 15. The number of rotatable bonds is 12. The van der Waals surface area contributed by atoms with Crippen molar-refractivity contribution in [1.82, 2.24) is 0 Å². The Bertz CT molecular complexity index is 5350. The highest BCUT2D eigenvalue weighted by Crippen LogP contribution is 2.65. The van der Waals surface area contributed by atoms with Gasteiger partial charge in [-0.25, -0.2) is 0 Å².